The highest BCUT2D eigenvalue weighted by Gasteiger charge is 2.29. The fourth-order valence-electron chi connectivity index (χ4n) is 2.60. The minimum absolute atomic E-state index is 0.123. The second-order valence-electron chi connectivity index (χ2n) is 5.74. The highest BCUT2D eigenvalue weighted by molar-refractivity contribution is 5.81. The van der Waals surface area contributed by atoms with E-state index >= 15 is 0 Å². The molecule has 0 radical (unpaired) electrons. The number of primary amides is 1. The molecular weight excluding hydrogens is 316 g/mol. The predicted molar refractivity (Wildman–Crippen MR) is 82.9 cm³/mol. The van der Waals surface area contributed by atoms with E-state index in [0.29, 0.717) is 31.2 Å². The fourth-order valence-corrected chi connectivity index (χ4v) is 2.60. The summed E-state index contributed by atoms with van der Waals surface area (Å²) in [6, 6.07) is 1.62. The Morgan fingerprint density at radius 2 is 2.00 bits per heavy atom. The van der Waals surface area contributed by atoms with Crippen molar-refractivity contribution in [3.05, 3.63) is 11.8 Å². The Labute approximate surface area is 139 Å². The second kappa shape index (κ2) is 7.80. The Morgan fingerprint density at radius 3 is 2.58 bits per heavy atom. The molecule has 2 rings (SSSR count). The summed E-state index contributed by atoms with van der Waals surface area (Å²) in [5.41, 5.74) is 5.39. The highest BCUT2D eigenvalue weighted by Crippen LogP contribution is 2.15. The third kappa shape index (κ3) is 4.46. The molecule has 1 aromatic rings. The van der Waals surface area contributed by atoms with E-state index in [0.717, 1.165) is 0 Å². The van der Waals surface area contributed by atoms with E-state index in [-0.39, 0.29) is 31.3 Å². The third-order valence-electron chi connectivity index (χ3n) is 4.05. The number of aromatic nitrogens is 1. The van der Waals surface area contributed by atoms with Crippen LogP contribution in [-0.2, 0) is 20.8 Å². The van der Waals surface area contributed by atoms with Crippen molar-refractivity contribution in [2.45, 2.75) is 19.8 Å². The van der Waals surface area contributed by atoms with E-state index in [9.17, 15) is 14.4 Å². The van der Waals surface area contributed by atoms with Crippen molar-refractivity contribution in [1.82, 2.24) is 15.0 Å². The smallest absolute Gasteiger partial charge is 0.254 e. The van der Waals surface area contributed by atoms with Crippen LogP contribution in [0.15, 0.2) is 10.6 Å². The average molecular weight is 338 g/mol. The number of hydrogen-bond donors (Lipinski definition) is 1. The van der Waals surface area contributed by atoms with Crippen LogP contribution in [-0.4, -0.2) is 66.0 Å². The highest BCUT2D eigenvalue weighted by atomic mass is 16.5. The molecule has 2 heterocycles. The number of hydrogen-bond acceptors (Lipinski definition) is 6. The SMILES string of the molecule is COc1cc(CCC(=O)N2CCN(C(C)=O)C[C@H](C(N)=O)C2)on1. The number of nitrogens with zero attached hydrogens (tertiary/aromatic N) is 3. The van der Waals surface area contributed by atoms with Crippen molar-refractivity contribution in [2.75, 3.05) is 33.3 Å². The molecule has 0 bridgehead atoms. The van der Waals surface area contributed by atoms with Gasteiger partial charge in [-0.15, -0.1) is 0 Å². The van der Waals surface area contributed by atoms with Gasteiger partial charge in [0.25, 0.3) is 5.88 Å². The summed E-state index contributed by atoms with van der Waals surface area (Å²) in [5, 5.41) is 3.68. The quantitative estimate of drug-likeness (QED) is 0.766. The van der Waals surface area contributed by atoms with Crippen LogP contribution in [0.5, 0.6) is 5.88 Å². The lowest BCUT2D eigenvalue weighted by molar-refractivity contribution is -0.132. The molecule has 1 fully saturated rings. The van der Waals surface area contributed by atoms with Crippen molar-refractivity contribution < 1.29 is 23.6 Å². The second-order valence-corrected chi connectivity index (χ2v) is 5.74. The topological polar surface area (TPSA) is 119 Å². The first-order valence-corrected chi connectivity index (χ1v) is 7.73. The average Bonchev–Trinajstić information content (AvgIpc) is 2.88. The minimum atomic E-state index is -0.564. The Bertz CT molecular complexity index is 615. The summed E-state index contributed by atoms with van der Waals surface area (Å²) in [4.78, 5) is 38.7. The lowest BCUT2D eigenvalue weighted by atomic mass is 10.1. The van der Waals surface area contributed by atoms with Gasteiger partial charge in [0.15, 0.2) is 0 Å². The van der Waals surface area contributed by atoms with Gasteiger partial charge in [-0.1, -0.05) is 0 Å². The molecule has 9 heteroatoms. The molecule has 0 unspecified atom stereocenters. The zero-order chi connectivity index (χ0) is 17.7. The number of amides is 3. The Hall–Kier alpha value is -2.58. The standard InChI is InChI=1S/C15H22N4O5/c1-10(20)18-5-6-19(9-11(8-18)15(16)22)14(21)4-3-12-7-13(23-2)17-24-12/h7,11H,3-6,8-9H2,1-2H3,(H2,16,22)/t11-/m0/s1. The maximum atomic E-state index is 12.4. The number of rotatable bonds is 5. The lowest BCUT2D eigenvalue weighted by Crippen LogP contribution is -2.40. The number of ether oxygens (including phenoxy) is 1. The van der Waals surface area contributed by atoms with E-state index in [4.69, 9.17) is 15.0 Å². The van der Waals surface area contributed by atoms with Crippen LogP contribution in [0.1, 0.15) is 19.1 Å². The van der Waals surface area contributed by atoms with Gasteiger partial charge in [-0.3, -0.25) is 14.4 Å². The summed E-state index contributed by atoms with van der Waals surface area (Å²) < 4.78 is 9.97. The van der Waals surface area contributed by atoms with Gasteiger partial charge in [0.1, 0.15) is 5.76 Å². The number of aryl methyl sites for hydroxylation is 1. The number of nitrogens with two attached hydrogens (primary N) is 1. The van der Waals surface area contributed by atoms with Crippen LogP contribution in [0.3, 0.4) is 0 Å². The van der Waals surface area contributed by atoms with Gasteiger partial charge in [-0.05, 0) is 5.16 Å². The zero-order valence-electron chi connectivity index (χ0n) is 13.9. The monoisotopic (exact) mass is 338 g/mol. The van der Waals surface area contributed by atoms with Gasteiger partial charge < -0.3 is 24.8 Å². The number of carbonyl (C=O) groups is 3. The van der Waals surface area contributed by atoms with Crippen LogP contribution in [0.25, 0.3) is 0 Å². The summed E-state index contributed by atoms with van der Waals surface area (Å²) in [5.74, 6) is -0.428. The van der Waals surface area contributed by atoms with Crippen LogP contribution in [0, 0.1) is 5.92 Å². The van der Waals surface area contributed by atoms with E-state index < -0.39 is 11.8 Å². The van der Waals surface area contributed by atoms with Gasteiger partial charge in [-0.2, -0.15) is 0 Å². The fraction of sp³-hybridized carbons (Fsp3) is 0.600. The van der Waals surface area contributed by atoms with Gasteiger partial charge >= 0.3 is 0 Å². The van der Waals surface area contributed by atoms with Crippen molar-refractivity contribution in [1.29, 1.82) is 0 Å². The van der Waals surface area contributed by atoms with E-state index in [2.05, 4.69) is 5.16 Å². The predicted octanol–water partition coefficient (Wildman–Crippen LogP) is -0.592. The van der Waals surface area contributed by atoms with Crippen LogP contribution < -0.4 is 10.5 Å². The van der Waals surface area contributed by atoms with Crippen LogP contribution in [0.4, 0.5) is 0 Å². The summed E-state index contributed by atoms with van der Waals surface area (Å²) >= 11 is 0. The van der Waals surface area contributed by atoms with Crippen molar-refractivity contribution in [3.8, 4) is 5.88 Å². The molecule has 0 aromatic carbocycles. The van der Waals surface area contributed by atoms with E-state index in [1.807, 2.05) is 0 Å². The Morgan fingerprint density at radius 1 is 1.33 bits per heavy atom. The Balaban J connectivity index is 1.96. The van der Waals surface area contributed by atoms with Crippen molar-refractivity contribution in [2.24, 2.45) is 11.7 Å². The summed E-state index contributed by atoms with van der Waals surface area (Å²) in [6.07, 6.45) is 0.591. The molecule has 0 saturated carbocycles. The molecule has 132 valence electrons. The van der Waals surface area contributed by atoms with E-state index in [1.165, 1.54) is 14.0 Å². The zero-order valence-corrected chi connectivity index (χ0v) is 13.9. The molecule has 1 saturated heterocycles. The molecule has 24 heavy (non-hydrogen) atoms. The van der Waals surface area contributed by atoms with E-state index in [1.54, 1.807) is 15.9 Å². The van der Waals surface area contributed by atoms with Gasteiger partial charge in [0.05, 0.1) is 13.0 Å². The molecular formula is C15H22N4O5. The maximum Gasteiger partial charge on any atom is 0.254 e. The molecule has 1 aromatic heterocycles. The van der Waals surface area contributed by atoms with Gasteiger partial charge in [0.2, 0.25) is 17.7 Å². The van der Waals surface area contributed by atoms with Crippen LogP contribution in [0.2, 0.25) is 0 Å². The first-order chi connectivity index (χ1) is 11.4. The molecule has 1 aliphatic heterocycles. The first kappa shape index (κ1) is 17.8. The normalized spacial score (nSPS) is 18.2. The maximum absolute atomic E-state index is 12.4. The summed E-state index contributed by atoms with van der Waals surface area (Å²) in [7, 11) is 1.48. The largest absolute Gasteiger partial charge is 0.479 e. The van der Waals surface area contributed by atoms with Crippen LogP contribution >= 0.6 is 0 Å². The number of methoxy groups -OCH3 is 1. The third-order valence-corrected chi connectivity index (χ3v) is 4.05. The van der Waals surface area contributed by atoms with Crippen molar-refractivity contribution in [3.63, 3.8) is 0 Å². The minimum Gasteiger partial charge on any atom is -0.479 e. The molecule has 1 atom stereocenters. The first-order valence-electron chi connectivity index (χ1n) is 7.73. The lowest BCUT2D eigenvalue weighted by Gasteiger charge is -2.22. The Kier molecular flexibility index (Phi) is 5.78. The molecule has 2 N–H and O–H groups in total. The molecule has 1 aliphatic rings. The molecule has 3 amide bonds. The van der Waals surface area contributed by atoms with Gasteiger partial charge in [-0.25, -0.2) is 0 Å². The van der Waals surface area contributed by atoms with Gasteiger partial charge in [0, 0.05) is 52.0 Å². The number of carbonyl (C=O) groups excluding carboxylic acids is 3. The van der Waals surface area contributed by atoms with Crippen molar-refractivity contribution >= 4 is 17.7 Å². The molecule has 0 aliphatic carbocycles. The molecule has 0 spiro atoms. The summed E-state index contributed by atoms with van der Waals surface area (Å²) in [6.45, 7) is 2.67. The molecule has 9 nitrogen and oxygen atoms in total.